The van der Waals surface area contributed by atoms with E-state index in [-0.39, 0.29) is 23.8 Å². The summed E-state index contributed by atoms with van der Waals surface area (Å²) < 4.78 is 16.6. The Balaban J connectivity index is 0.00000180. The highest BCUT2D eigenvalue weighted by molar-refractivity contribution is 8.93. The van der Waals surface area contributed by atoms with Crippen LogP contribution < -0.4 is 14.9 Å². The van der Waals surface area contributed by atoms with Gasteiger partial charge in [0.1, 0.15) is 11.3 Å². The van der Waals surface area contributed by atoms with Gasteiger partial charge in [-0.05, 0) is 29.8 Å². The monoisotopic (exact) mass is 445 g/mol. The topological polar surface area (TPSA) is 68.4 Å². The molecule has 2 aliphatic heterocycles. The summed E-state index contributed by atoms with van der Waals surface area (Å²) in [6.45, 7) is 0.839. The molecule has 0 radical (unpaired) electrons. The molecular formula is C19H16BrN3O3S. The number of amidine groups is 1. The third kappa shape index (κ3) is 3.68. The molecule has 0 fully saturated rings. The first-order chi connectivity index (χ1) is 12.8. The second kappa shape index (κ2) is 7.66. The molecule has 1 N–H and O–H groups in total. The van der Waals surface area contributed by atoms with Gasteiger partial charge in [-0.3, -0.25) is 10.4 Å². The minimum Gasteiger partial charge on any atom is -0.455 e. The minimum absolute atomic E-state index is 0. The number of nitrogens with zero attached hydrogens (tertiary/aromatic N) is 2. The lowest BCUT2D eigenvalue weighted by Crippen LogP contribution is -2.25. The van der Waals surface area contributed by atoms with E-state index < -0.39 is 0 Å². The molecule has 0 unspecified atom stereocenters. The number of thioether (sulfide) groups is 1. The van der Waals surface area contributed by atoms with E-state index in [1.165, 1.54) is 0 Å². The van der Waals surface area contributed by atoms with Crippen molar-refractivity contribution in [3.8, 4) is 11.5 Å². The van der Waals surface area contributed by atoms with Crippen LogP contribution in [0.3, 0.4) is 0 Å². The molecule has 27 heavy (non-hydrogen) atoms. The van der Waals surface area contributed by atoms with E-state index in [0.717, 1.165) is 44.7 Å². The van der Waals surface area contributed by atoms with Crippen LogP contribution in [0.4, 0.5) is 0 Å². The van der Waals surface area contributed by atoms with Gasteiger partial charge in [0.2, 0.25) is 6.79 Å². The largest absolute Gasteiger partial charge is 0.455 e. The van der Waals surface area contributed by atoms with Crippen molar-refractivity contribution in [1.82, 2.24) is 5.43 Å². The molecule has 3 heterocycles. The number of hydrogen-bond donors (Lipinski definition) is 1. The van der Waals surface area contributed by atoms with Gasteiger partial charge < -0.3 is 13.9 Å². The Morgan fingerprint density at radius 2 is 1.96 bits per heavy atom. The standard InChI is InChI=1S/C19H15N3O3S.BrH/c1-2-4-15-13(3-1)8-17(25-15)14-10-26-19(22-21-14)20-9-12-5-6-16-18(7-12)24-11-23-16;/h1-8H,9-11H2,(H,20,22);1H. The summed E-state index contributed by atoms with van der Waals surface area (Å²) in [4.78, 5) is 4.58. The molecule has 2 aromatic carbocycles. The molecule has 3 aromatic rings. The van der Waals surface area contributed by atoms with E-state index in [0.29, 0.717) is 12.3 Å². The molecule has 8 heteroatoms. The summed E-state index contributed by atoms with van der Waals surface area (Å²) in [7, 11) is 0. The number of para-hydroxylation sites is 1. The van der Waals surface area contributed by atoms with Gasteiger partial charge in [0, 0.05) is 11.1 Å². The summed E-state index contributed by atoms with van der Waals surface area (Å²) in [6, 6.07) is 15.8. The number of hydrogen-bond acceptors (Lipinski definition) is 6. The van der Waals surface area contributed by atoms with E-state index >= 15 is 0 Å². The molecule has 2 aliphatic rings. The fourth-order valence-corrected chi connectivity index (χ4v) is 3.60. The lowest BCUT2D eigenvalue weighted by atomic mass is 10.2. The van der Waals surface area contributed by atoms with Gasteiger partial charge in [-0.1, -0.05) is 36.0 Å². The van der Waals surface area contributed by atoms with Gasteiger partial charge >= 0.3 is 0 Å². The lowest BCUT2D eigenvalue weighted by molar-refractivity contribution is 0.174. The van der Waals surface area contributed by atoms with Crippen LogP contribution in [-0.4, -0.2) is 23.4 Å². The lowest BCUT2D eigenvalue weighted by Gasteiger charge is -2.13. The zero-order chi connectivity index (χ0) is 17.3. The highest BCUT2D eigenvalue weighted by atomic mass is 79.9. The van der Waals surface area contributed by atoms with E-state index in [9.17, 15) is 0 Å². The highest BCUT2D eigenvalue weighted by Gasteiger charge is 2.17. The van der Waals surface area contributed by atoms with Crippen molar-refractivity contribution in [2.24, 2.45) is 10.1 Å². The summed E-state index contributed by atoms with van der Waals surface area (Å²) in [5, 5.41) is 6.30. The van der Waals surface area contributed by atoms with Crippen LogP contribution in [0.5, 0.6) is 11.5 Å². The van der Waals surface area contributed by atoms with Crippen LogP contribution in [0.1, 0.15) is 11.3 Å². The van der Waals surface area contributed by atoms with Crippen LogP contribution in [0, 0.1) is 0 Å². The van der Waals surface area contributed by atoms with E-state index in [1.54, 1.807) is 11.8 Å². The van der Waals surface area contributed by atoms with Crippen molar-refractivity contribution in [3.63, 3.8) is 0 Å². The van der Waals surface area contributed by atoms with E-state index in [2.05, 4.69) is 15.5 Å². The number of rotatable bonds is 3. The van der Waals surface area contributed by atoms with Crippen molar-refractivity contribution < 1.29 is 13.9 Å². The Kier molecular flexibility index (Phi) is 5.09. The molecule has 1 aromatic heterocycles. The Bertz CT molecular complexity index is 1010. The summed E-state index contributed by atoms with van der Waals surface area (Å²) >= 11 is 1.61. The fraction of sp³-hybridized carbons (Fsp3) is 0.158. The van der Waals surface area contributed by atoms with Crippen LogP contribution >= 0.6 is 28.7 Å². The maximum absolute atomic E-state index is 5.86. The molecule has 0 amide bonds. The third-order valence-corrected chi connectivity index (χ3v) is 5.10. The molecule has 0 atom stereocenters. The van der Waals surface area contributed by atoms with Crippen molar-refractivity contribution in [3.05, 3.63) is 59.9 Å². The van der Waals surface area contributed by atoms with Gasteiger partial charge in [0.05, 0.1) is 6.54 Å². The smallest absolute Gasteiger partial charge is 0.231 e. The van der Waals surface area contributed by atoms with Crippen molar-refractivity contribution in [2.75, 3.05) is 12.5 Å². The average molecular weight is 446 g/mol. The van der Waals surface area contributed by atoms with Gasteiger partial charge in [0.15, 0.2) is 22.4 Å². The Hall–Kier alpha value is -2.45. The molecular weight excluding hydrogens is 430 g/mol. The molecule has 138 valence electrons. The second-order valence-corrected chi connectivity index (χ2v) is 6.88. The second-order valence-electron chi connectivity index (χ2n) is 5.92. The van der Waals surface area contributed by atoms with E-state index in [1.807, 2.05) is 48.5 Å². The van der Waals surface area contributed by atoms with Crippen molar-refractivity contribution in [2.45, 2.75) is 6.54 Å². The maximum Gasteiger partial charge on any atom is 0.231 e. The number of nitrogens with one attached hydrogen (secondary N) is 1. The Morgan fingerprint density at radius 1 is 1.07 bits per heavy atom. The Morgan fingerprint density at radius 3 is 2.81 bits per heavy atom. The first-order valence-electron chi connectivity index (χ1n) is 8.22. The van der Waals surface area contributed by atoms with Crippen LogP contribution in [0.25, 0.3) is 11.0 Å². The Labute approximate surface area is 170 Å². The minimum atomic E-state index is 0. The van der Waals surface area contributed by atoms with Gasteiger partial charge in [-0.25, -0.2) is 0 Å². The number of halogens is 1. The SMILES string of the molecule is Br.c1ccc2oc(C3=NNC(=NCc4ccc5c(c4)OCO5)SC3)cc2c1. The average Bonchev–Trinajstić information content (AvgIpc) is 3.33. The van der Waals surface area contributed by atoms with Crippen LogP contribution in [0.15, 0.2) is 63.0 Å². The quantitative estimate of drug-likeness (QED) is 0.649. The fourth-order valence-electron chi connectivity index (χ4n) is 2.85. The van der Waals surface area contributed by atoms with Gasteiger partial charge in [-0.2, -0.15) is 5.10 Å². The maximum atomic E-state index is 5.86. The van der Waals surface area contributed by atoms with Crippen molar-refractivity contribution in [1.29, 1.82) is 0 Å². The summed E-state index contributed by atoms with van der Waals surface area (Å²) in [5.41, 5.74) is 5.84. The zero-order valence-electron chi connectivity index (χ0n) is 14.2. The summed E-state index contributed by atoms with van der Waals surface area (Å²) in [5.74, 6) is 3.07. The number of hydrazone groups is 1. The normalized spacial score (nSPS) is 16.7. The molecule has 6 nitrogen and oxygen atoms in total. The van der Waals surface area contributed by atoms with E-state index in [4.69, 9.17) is 13.9 Å². The molecule has 0 aliphatic carbocycles. The summed E-state index contributed by atoms with van der Waals surface area (Å²) in [6.07, 6.45) is 0. The van der Waals surface area contributed by atoms with Gasteiger partial charge in [-0.15, -0.1) is 17.0 Å². The number of aliphatic imine (C=N–C) groups is 1. The first-order valence-corrected chi connectivity index (χ1v) is 9.21. The molecule has 0 saturated carbocycles. The zero-order valence-corrected chi connectivity index (χ0v) is 16.7. The van der Waals surface area contributed by atoms with Crippen LogP contribution in [0.2, 0.25) is 0 Å². The molecule has 0 bridgehead atoms. The van der Waals surface area contributed by atoms with Gasteiger partial charge in [0.25, 0.3) is 0 Å². The molecule has 0 spiro atoms. The third-order valence-electron chi connectivity index (χ3n) is 4.18. The first kappa shape index (κ1) is 17.9. The number of furan rings is 1. The van der Waals surface area contributed by atoms with Crippen LogP contribution in [-0.2, 0) is 6.54 Å². The highest BCUT2D eigenvalue weighted by Crippen LogP contribution is 2.32. The van der Waals surface area contributed by atoms with Crippen molar-refractivity contribution >= 4 is 50.6 Å². The number of benzene rings is 2. The molecule has 5 rings (SSSR count). The predicted octanol–water partition coefficient (Wildman–Crippen LogP) is 4.34. The number of ether oxygens (including phenoxy) is 2. The molecule has 0 saturated heterocycles. The number of fused-ring (bicyclic) bond motifs is 2. The predicted molar refractivity (Wildman–Crippen MR) is 112 cm³/mol.